The molecule has 5 amide bonds. The topological polar surface area (TPSA) is 148 Å². The smallest absolute Gasteiger partial charge is 0.265 e. The maximum atomic E-state index is 13.0. The van der Waals surface area contributed by atoms with E-state index in [-0.39, 0.29) is 48.6 Å². The lowest BCUT2D eigenvalue weighted by Crippen LogP contribution is -2.38. The van der Waals surface area contributed by atoms with Crippen LogP contribution in [0, 0.1) is 0 Å². The maximum absolute atomic E-state index is 13.0. The number of imide groups is 2. The molecule has 0 radical (unpaired) electrons. The summed E-state index contributed by atoms with van der Waals surface area (Å²) in [6, 6.07) is 11.5. The van der Waals surface area contributed by atoms with E-state index < -0.39 is 23.8 Å². The molecule has 2 aromatic carbocycles. The van der Waals surface area contributed by atoms with E-state index in [1.54, 1.807) is 13.0 Å². The fourth-order valence-corrected chi connectivity index (χ4v) is 3.59. The predicted octanol–water partition coefficient (Wildman–Crippen LogP) is 0.878. The second kappa shape index (κ2) is 11.2. The number of benzene rings is 2. The Balaban J connectivity index is 1.60. The molecule has 34 heavy (non-hydrogen) atoms. The van der Waals surface area contributed by atoms with Gasteiger partial charge in [-0.3, -0.25) is 34.2 Å². The SMILES string of the molecule is CC(CCC(=O)NC=O)N1C(=O)c2cccc(OCC(=O)NCc3ccc(CN)cc3)c2C1=O. The van der Waals surface area contributed by atoms with Crippen molar-refractivity contribution in [1.29, 1.82) is 0 Å². The first kappa shape index (κ1) is 24.6. The van der Waals surface area contributed by atoms with Gasteiger partial charge in [0.05, 0.1) is 11.1 Å². The van der Waals surface area contributed by atoms with Gasteiger partial charge in [-0.05, 0) is 36.6 Å². The zero-order valence-electron chi connectivity index (χ0n) is 18.7. The molecule has 1 unspecified atom stereocenters. The van der Waals surface area contributed by atoms with E-state index in [9.17, 15) is 24.0 Å². The van der Waals surface area contributed by atoms with Crippen LogP contribution in [-0.2, 0) is 27.5 Å². The Morgan fingerprint density at radius 2 is 1.76 bits per heavy atom. The second-order valence-corrected chi connectivity index (χ2v) is 7.82. The Bertz CT molecular complexity index is 1100. The molecular weight excluding hydrogens is 440 g/mol. The summed E-state index contributed by atoms with van der Waals surface area (Å²) in [5, 5.41) is 4.76. The van der Waals surface area contributed by atoms with Crippen molar-refractivity contribution in [1.82, 2.24) is 15.5 Å². The van der Waals surface area contributed by atoms with Crippen molar-refractivity contribution in [2.75, 3.05) is 6.61 Å². The van der Waals surface area contributed by atoms with Crippen LogP contribution >= 0.6 is 0 Å². The Labute approximate surface area is 196 Å². The van der Waals surface area contributed by atoms with Crippen LogP contribution in [0.4, 0.5) is 0 Å². The van der Waals surface area contributed by atoms with Gasteiger partial charge in [-0.1, -0.05) is 30.3 Å². The number of nitrogens with zero attached hydrogens (tertiary/aromatic N) is 1. The van der Waals surface area contributed by atoms with Crippen molar-refractivity contribution < 1.29 is 28.7 Å². The Morgan fingerprint density at radius 1 is 1.06 bits per heavy atom. The largest absolute Gasteiger partial charge is 0.483 e. The van der Waals surface area contributed by atoms with Gasteiger partial charge in [0, 0.05) is 25.6 Å². The highest BCUT2D eigenvalue weighted by molar-refractivity contribution is 6.22. The zero-order valence-corrected chi connectivity index (χ0v) is 18.7. The highest BCUT2D eigenvalue weighted by atomic mass is 16.5. The predicted molar refractivity (Wildman–Crippen MR) is 122 cm³/mol. The zero-order chi connectivity index (χ0) is 24.7. The average Bonchev–Trinajstić information content (AvgIpc) is 3.10. The molecule has 178 valence electrons. The molecule has 10 heteroatoms. The number of rotatable bonds is 11. The number of fused-ring (bicyclic) bond motifs is 1. The second-order valence-electron chi connectivity index (χ2n) is 7.82. The van der Waals surface area contributed by atoms with Crippen LogP contribution < -0.4 is 21.1 Å². The lowest BCUT2D eigenvalue weighted by molar-refractivity contribution is -0.125. The number of ether oxygens (including phenoxy) is 1. The molecule has 2 aromatic rings. The quantitative estimate of drug-likeness (QED) is 0.329. The van der Waals surface area contributed by atoms with Gasteiger partial charge in [0.25, 0.3) is 17.7 Å². The standard InChI is InChI=1S/C24H26N4O6/c1-15(5-10-20(30)27-14-29)28-23(32)18-3-2-4-19(22(18)24(28)33)34-13-21(31)26-12-17-8-6-16(11-25)7-9-17/h2-4,6-9,14-15H,5,10-13,25H2,1H3,(H,26,31)(H,27,29,30). The summed E-state index contributed by atoms with van der Waals surface area (Å²) in [6.45, 7) is 2.05. The van der Waals surface area contributed by atoms with Crippen molar-refractivity contribution in [3.8, 4) is 5.75 Å². The minimum absolute atomic E-state index is 0.0220. The van der Waals surface area contributed by atoms with Gasteiger partial charge < -0.3 is 15.8 Å². The Morgan fingerprint density at radius 3 is 2.44 bits per heavy atom. The molecule has 1 heterocycles. The minimum atomic E-state index is -0.577. The molecule has 3 rings (SSSR count). The Hall–Kier alpha value is -4.05. The monoisotopic (exact) mass is 466 g/mol. The molecule has 0 fully saturated rings. The summed E-state index contributed by atoms with van der Waals surface area (Å²) in [5.41, 5.74) is 7.72. The fourth-order valence-electron chi connectivity index (χ4n) is 3.59. The maximum Gasteiger partial charge on any atom is 0.265 e. The van der Waals surface area contributed by atoms with Gasteiger partial charge in [-0.2, -0.15) is 0 Å². The van der Waals surface area contributed by atoms with E-state index in [0.717, 1.165) is 16.0 Å². The Kier molecular flexibility index (Phi) is 8.10. The lowest BCUT2D eigenvalue weighted by Gasteiger charge is -2.22. The molecule has 4 N–H and O–H groups in total. The summed E-state index contributed by atoms with van der Waals surface area (Å²) < 4.78 is 5.58. The van der Waals surface area contributed by atoms with Crippen molar-refractivity contribution in [2.45, 2.75) is 38.9 Å². The highest BCUT2D eigenvalue weighted by Gasteiger charge is 2.40. The van der Waals surface area contributed by atoms with Crippen molar-refractivity contribution >= 4 is 30.0 Å². The number of carbonyl (C=O) groups excluding carboxylic acids is 5. The van der Waals surface area contributed by atoms with Crippen LogP contribution in [0.1, 0.15) is 51.6 Å². The van der Waals surface area contributed by atoms with E-state index in [1.807, 2.05) is 29.6 Å². The third-order valence-corrected chi connectivity index (χ3v) is 5.47. The molecule has 0 aromatic heterocycles. The summed E-state index contributed by atoms with van der Waals surface area (Å²) in [6.07, 6.45) is 0.452. The van der Waals surface area contributed by atoms with Crippen LogP contribution in [-0.4, -0.2) is 47.6 Å². The molecule has 0 aliphatic carbocycles. The van der Waals surface area contributed by atoms with Crippen LogP contribution in [0.5, 0.6) is 5.75 Å². The first-order valence-corrected chi connectivity index (χ1v) is 10.8. The number of nitrogens with two attached hydrogens (primary N) is 1. The summed E-state index contributed by atoms with van der Waals surface area (Å²) in [7, 11) is 0. The number of amides is 5. The normalized spacial score (nSPS) is 13.3. The lowest BCUT2D eigenvalue weighted by atomic mass is 10.1. The van der Waals surface area contributed by atoms with E-state index in [0.29, 0.717) is 13.1 Å². The molecule has 0 bridgehead atoms. The van der Waals surface area contributed by atoms with E-state index in [1.165, 1.54) is 12.1 Å². The number of hydrogen-bond donors (Lipinski definition) is 3. The summed E-state index contributed by atoms with van der Waals surface area (Å²) in [5.74, 6) is -1.81. The molecule has 0 saturated carbocycles. The van der Waals surface area contributed by atoms with E-state index in [4.69, 9.17) is 10.5 Å². The van der Waals surface area contributed by atoms with E-state index in [2.05, 4.69) is 5.32 Å². The van der Waals surface area contributed by atoms with Crippen molar-refractivity contribution in [3.63, 3.8) is 0 Å². The van der Waals surface area contributed by atoms with Gasteiger partial charge >= 0.3 is 0 Å². The molecule has 0 saturated heterocycles. The molecule has 0 spiro atoms. The number of nitrogens with one attached hydrogen (secondary N) is 2. The van der Waals surface area contributed by atoms with Gasteiger partial charge in [-0.15, -0.1) is 0 Å². The number of carbonyl (C=O) groups is 5. The molecule has 1 atom stereocenters. The third kappa shape index (κ3) is 5.65. The minimum Gasteiger partial charge on any atom is -0.483 e. The molecule has 10 nitrogen and oxygen atoms in total. The third-order valence-electron chi connectivity index (χ3n) is 5.47. The van der Waals surface area contributed by atoms with Gasteiger partial charge in [0.1, 0.15) is 5.75 Å². The van der Waals surface area contributed by atoms with Crippen LogP contribution in [0.25, 0.3) is 0 Å². The van der Waals surface area contributed by atoms with E-state index >= 15 is 0 Å². The summed E-state index contributed by atoms with van der Waals surface area (Å²) >= 11 is 0. The van der Waals surface area contributed by atoms with Crippen LogP contribution in [0.15, 0.2) is 42.5 Å². The van der Waals surface area contributed by atoms with Crippen molar-refractivity contribution in [2.24, 2.45) is 5.73 Å². The number of hydrogen-bond acceptors (Lipinski definition) is 7. The highest BCUT2D eigenvalue weighted by Crippen LogP contribution is 2.32. The van der Waals surface area contributed by atoms with Gasteiger partial charge in [0.2, 0.25) is 12.3 Å². The van der Waals surface area contributed by atoms with Gasteiger partial charge in [0.15, 0.2) is 6.61 Å². The average molecular weight is 466 g/mol. The van der Waals surface area contributed by atoms with Gasteiger partial charge in [-0.25, -0.2) is 0 Å². The molecular formula is C24H26N4O6. The first-order chi connectivity index (χ1) is 16.3. The molecule has 1 aliphatic rings. The summed E-state index contributed by atoms with van der Waals surface area (Å²) in [4.78, 5) is 61.0. The fraction of sp³-hybridized carbons (Fsp3) is 0.292. The van der Waals surface area contributed by atoms with Crippen LogP contribution in [0.2, 0.25) is 0 Å². The first-order valence-electron chi connectivity index (χ1n) is 10.8. The van der Waals surface area contributed by atoms with Crippen LogP contribution in [0.3, 0.4) is 0 Å². The van der Waals surface area contributed by atoms with Crippen molar-refractivity contribution in [3.05, 3.63) is 64.7 Å². The molecule has 1 aliphatic heterocycles.